The minimum atomic E-state index is -3.83. The fourth-order valence-corrected chi connectivity index (χ4v) is 3.12. The van der Waals surface area contributed by atoms with Crippen LogP contribution in [0.5, 0.6) is 11.5 Å². The maximum atomic E-state index is 12.2. The van der Waals surface area contributed by atoms with E-state index < -0.39 is 16.2 Å². The van der Waals surface area contributed by atoms with Crippen molar-refractivity contribution in [2.75, 3.05) is 0 Å². The van der Waals surface area contributed by atoms with Gasteiger partial charge in [0.25, 0.3) is 10.1 Å². The number of hydrogen-bond acceptors (Lipinski definition) is 5. The molecular formula is C16H18O5S. The van der Waals surface area contributed by atoms with Crippen LogP contribution in [-0.2, 0) is 20.7 Å². The quantitative estimate of drug-likeness (QED) is 0.653. The Morgan fingerprint density at radius 1 is 1.05 bits per heavy atom. The zero-order valence-corrected chi connectivity index (χ0v) is 13.2. The molecule has 2 N–H and O–H groups in total. The van der Waals surface area contributed by atoms with E-state index in [0.29, 0.717) is 12.0 Å². The van der Waals surface area contributed by atoms with Gasteiger partial charge in [-0.3, -0.25) is 4.18 Å². The molecule has 118 valence electrons. The van der Waals surface area contributed by atoms with E-state index in [-0.39, 0.29) is 16.4 Å². The van der Waals surface area contributed by atoms with Gasteiger partial charge in [0.05, 0.1) is 11.0 Å². The van der Waals surface area contributed by atoms with E-state index in [1.165, 1.54) is 24.3 Å². The van der Waals surface area contributed by atoms with Crippen LogP contribution in [0.4, 0.5) is 0 Å². The van der Waals surface area contributed by atoms with Crippen LogP contribution in [-0.4, -0.2) is 24.7 Å². The van der Waals surface area contributed by atoms with Gasteiger partial charge in [0.15, 0.2) is 11.5 Å². The average molecular weight is 322 g/mol. The van der Waals surface area contributed by atoms with E-state index >= 15 is 0 Å². The maximum Gasteiger partial charge on any atom is 0.297 e. The fourth-order valence-electron chi connectivity index (χ4n) is 2.04. The first kappa shape index (κ1) is 16.3. The number of hydrogen-bond donors (Lipinski definition) is 2. The molecule has 0 aliphatic rings. The maximum absolute atomic E-state index is 12.2. The summed E-state index contributed by atoms with van der Waals surface area (Å²) in [5.41, 5.74) is 1.63. The Morgan fingerprint density at radius 3 is 2.27 bits per heavy atom. The van der Waals surface area contributed by atoms with Crippen LogP contribution in [0.2, 0.25) is 0 Å². The SMILES string of the molecule is Cc1ccc(S(=O)(=O)OC(C)Cc2ccc(O)c(O)c2)cc1. The zero-order valence-electron chi connectivity index (χ0n) is 12.4. The molecule has 0 fully saturated rings. The van der Waals surface area contributed by atoms with Gasteiger partial charge in [-0.1, -0.05) is 23.8 Å². The minimum absolute atomic E-state index is 0.110. The number of phenols is 2. The zero-order chi connectivity index (χ0) is 16.3. The summed E-state index contributed by atoms with van der Waals surface area (Å²) >= 11 is 0. The highest BCUT2D eigenvalue weighted by Crippen LogP contribution is 2.26. The Labute approximate surface area is 129 Å². The van der Waals surface area contributed by atoms with Gasteiger partial charge in [-0.2, -0.15) is 8.42 Å². The van der Waals surface area contributed by atoms with Gasteiger partial charge in [-0.05, 0) is 50.1 Å². The van der Waals surface area contributed by atoms with Crippen LogP contribution < -0.4 is 0 Å². The number of rotatable bonds is 5. The molecule has 0 bridgehead atoms. The molecule has 2 rings (SSSR count). The standard InChI is InChI=1S/C16H18O5S/c1-11-3-6-14(7-4-11)22(19,20)21-12(2)9-13-5-8-15(17)16(18)10-13/h3-8,10,12,17-18H,9H2,1-2H3. The highest BCUT2D eigenvalue weighted by molar-refractivity contribution is 7.86. The van der Waals surface area contributed by atoms with Gasteiger partial charge in [0, 0.05) is 0 Å². The number of aromatic hydroxyl groups is 2. The predicted molar refractivity (Wildman–Crippen MR) is 82.4 cm³/mol. The van der Waals surface area contributed by atoms with E-state index in [1.54, 1.807) is 25.1 Å². The molecule has 0 aliphatic carbocycles. The smallest absolute Gasteiger partial charge is 0.297 e. The van der Waals surface area contributed by atoms with Crippen molar-refractivity contribution in [1.29, 1.82) is 0 Å². The summed E-state index contributed by atoms with van der Waals surface area (Å²) in [4.78, 5) is 0.110. The normalized spacial score (nSPS) is 13.0. The van der Waals surface area contributed by atoms with Crippen LogP contribution in [0, 0.1) is 6.92 Å². The third-order valence-electron chi connectivity index (χ3n) is 3.16. The van der Waals surface area contributed by atoms with E-state index in [9.17, 15) is 18.6 Å². The van der Waals surface area contributed by atoms with Crippen LogP contribution in [0.3, 0.4) is 0 Å². The molecule has 0 spiro atoms. The second-order valence-electron chi connectivity index (χ2n) is 5.20. The second-order valence-corrected chi connectivity index (χ2v) is 6.77. The van der Waals surface area contributed by atoms with Crippen molar-refractivity contribution in [3.63, 3.8) is 0 Å². The summed E-state index contributed by atoms with van der Waals surface area (Å²) in [5, 5.41) is 18.7. The van der Waals surface area contributed by atoms with Crippen molar-refractivity contribution >= 4 is 10.1 Å². The van der Waals surface area contributed by atoms with Crippen molar-refractivity contribution < 1.29 is 22.8 Å². The molecule has 0 amide bonds. The second kappa shape index (κ2) is 6.37. The lowest BCUT2D eigenvalue weighted by atomic mass is 10.1. The molecule has 0 aliphatic heterocycles. The molecule has 5 nitrogen and oxygen atoms in total. The molecule has 6 heteroatoms. The summed E-state index contributed by atoms with van der Waals surface area (Å²) in [6.07, 6.45) is -0.311. The molecule has 0 radical (unpaired) electrons. The molecule has 1 atom stereocenters. The van der Waals surface area contributed by atoms with Crippen LogP contribution in [0.25, 0.3) is 0 Å². The van der Waals surface area contributed by atoms with E-state index in [4.69, 9.17) is 4.18 Å². The highest BCUT2D eigenvalue weighted by Gasteiger charge is 2.19. The molecule has 0 aromatic heterocycles. The van der Waals surface area contributed by atoms with Gasteiger partial charge in [0.2, 0.25) is 0 Å². The lowest BCUT2D eigenvalue weighted by molar-refractivity contribution is 0.229. The van der Waals surface area contributed by atoms with Crippen LogP contribution in [0.15, 0.2) is 47.4 Å². The number of phenolic OH excluding ortho intramolecular Hbond substituents is 2. The largest absolute Gasteiger partial charge is 0.504 e. The third kappa shape index (κ3) is 3.99. The molecule has 0 saturated carbocycles. The first-order valence-electron chi connectivity index (χ1n) is 6.79. The van der Waals surface area contributed by atoms with Crippen LogP contribution >= 0.6 is 0 Å². The first-order chi connectivity index (χ1) is 10.3. The van der Waals surface area contributed by atoms with Gasteiger partial charge in [-0.25, -0.2) is 0 Å². The van der Waals surface area contributed by atoms with Crippen molar-refractivity contribution in [3.8, 4) is 11.5 Å². The lowest BCUT2D eigenvalue weighted by Gasteiger charge is -2.13. The summed E-state index contributed by atoms with van der Waals surface area (Å²) in [6.45, 7) is 3.51. The van der Waals surface area contributed by atoms with E-state index in [0.717, 1.165) is 5.56 Å². The van der Waals surface area contributed by atoms with Crippen LogP contribution in [0.1, 0.15) is 18.1 Å². The Balaban J connectivity index is 2.08. The Morgan fingerprint density at radius 2 is 1.68 bits per heavy atom. The highest BCUT2D eigenvalue weighted by atomic mass is 32.2. The number of aryl methyl sites for hydroxylation is 1. The first-order valence-corrected chi connectivity index (χ1v) is 8.19. The average Bonchev–Trinajstić information content (AvgIpc) is 2.42. The topological polar surface area (TPSA) is 83.8 Å². The molecule has 0 saturated heterocycles. The Bertz CT molecular complexity index is 751. The minimum Gasteiger partial charge on any atom is -0.504 e. The van der Waals surface area contributed by atoms with Gasteiger partial charge in [-0.15, -0.1) is 0 Å². The van der Waals surface area contributed by atoms with Crippen molar-refractivity contribution in [3.05, 3.63) is 53.6 Å². The Hall–Kier alpha value is -2.05. The molecule has 0 heterocycles. The summed E-state index contributed by atoms with van der Waals surface area (Å²) < 4.78 is 29.5. The fraction of sp³-hybridized carbons (Fsp3) is 0.250. The molecule has 2 aromatic rings. The van der Waals surface area contributed by atoms with E-state index in [1.807, 2.05) is 6.92 Å². The van der Waals surface area contributed by atoms with Crippen molar-refractivity contribution in [2.45, 2.75) is 31.3 Å². The van der Waals surface area contributed by atoms with Gasteiger partial charge >= 0.3 is 0 Å². The summed E-state index contributed by atoms with van der Waals surface area (Å²) in [6, 6.07) is 10.8. The van der Waals surface area contributed by atoms with Gasteiger partial charge < -0.3 is 10.2 Å². The monoisotopic (exact) mass is 322 g/mol. The Kier molecular flexibility index (Phi) is 4.73. The summed E-state index contributed by atoms with van der Waals surface area (Å²) in [5.74, 6) is -0.462. The van der Waals surface area contributed by atoms with E-state index in [2.05, 4.69) is 0 Å². The number of benzene rings is 2. The van der Waals surface area contributed by atoms with Crippen molar-refractivity contribution in [2.24, 2.45) is 0 Å². The summed E-state index contributed by atoms with van der Waals surface area (Å²) in [7, 11) is -3.83. The molecule has 1 unspecified atom stereocenters. The third-order valence-corrected chi connectivity index (χ3v) is 4.59. The molecule has 22 heavy (non-hydrogen) atoms. The lowest BCUT2D eigenvalue weighted by Crippen LogP contribution is -2.17. The molecular weight excluding hydrogens is 304 g/mol. The predicted octanol–water partition coefficient (Wildman–Crippen LogP) is 2.74. The van der Waals surface area contributed by atoms with Crippen molar-refractivity contribution in [1.82, 2.24) is 0 Å². The molecule has 2 aromatic carbocycles. The van der Waals surface area contributed by atoms with Gasteiger partial charge in [0.1, 0.15) is 0 Å².